The first-order chi connectivity index (χ1) is 14.9. The second-order valence-electron chi connectivity index (χ2n) is 7.64. The molecule has 0 unspecified atom stereocenters. The second kappa shape index (κ2) is 8.59. The number of carbonyl (C=O) groups excluding carboxylic acids is 1. The molecule has 4 rings (SSSR count). The highest BCUT2D eigenvalue weighted by molar-refractivity contribution is 6.30. The molecule has 1 aliphatic carbocycles. The van der Waals surface area contributed by atoms with E-state index in [1.807, 2.05) is 13.8 Å². The number of hydrogen-bond donors (Lipinski definition) is 1. The number of anilines is 1. The van der Waals surface area contributed by atoms with E-state index in [2.05, 4.69) is 20.3 Å². The maximum absolute atomic E-state index is 13.5. The van der Waals surface area contributed by atoms with E-state index in [1.54, 1.807) is 30.5 Å². The maximum atomic E-state index is 13.5. The van der Waals surface area contributed by atoms with Crippen LogP contribution < -0.4 is 10.1 Å². The summed E-state index contributed by atoms with van der Waals surface area (Å²) >= 11 is 5.99. The van der Waals surface area contributed by atoms with Crippen LogP contribution in [0.5, 0.6) is 5.75 Å². The number of nitrogens with one attached hydrogen (secondary N) is 1. The van der Waals surface area contributed by atoms with Gasteiger partial charge in [-0.25, -0.2) is 19.3 Å². The van der Waals surface area contributed by atoms with Crippen molar-refractivity contribution >= 4 is 23.3 Å². The van der Waals surface area contributed by atoms with Crippen molar-refractivity contribution in [1.82, 2.24) is 15.0 Å². The zero-order valence-electron chi connectivity index (χ0n) is 17.2. The van der Waals surface area contributed by atoms with Gasteiger partial charge in [0, 0.05) is 16.6 Å². The van der Waals surface area contributed by atoms with Crippen LogP contribution in [0.2, 0.25) is 5.02 Å². The third-order valence-corrected chi connectivity index (χ3v) is 5.79. The molecule has 1 aliphatic rings. The van der Waals surface area contributed by atoms with Crippen LogP contribution in [0.15, 0.2) is 48.8 Å². The van der Waals surface area contributed by atoms with Crippen molar-refractivity contribution in [2.75, 3.05) is 11.9 Å². The van der Waals surface area contributed by atoms with E-state index in [-0.39, 0.29) is 24.2 Å². The molecule has 0 radical (unpaired) electrons. The van der Waals surface area contributed by atoms with Gasteiger partial charge in [-0.2, -0.15) is 0 Å². The topological polar surface area (TPSA) is 77.0 Å². The van der Waals surface area contributed by atoms with E-state index >= 15 is 0 Å². The van der Waals surface area contributed by atoms with Crippen LogP contribution in [0.4, 0.5) is 10.2 Å². The maximum Gasteiger partial charge on any atom is 0.229 e. The van der Waals surface area contributed by atoms with Gasteiger partial charge in [-0.05, 0) is 49.6 Å². The minimum atomic E-state index is -0.577. The summed E-state index contributed by atoms with van der Waals surface area (Å²) < 4.78 is 19.6. The van der Waals surface area contributed by atoms with Gasteiger partial charge >= 0.3 is 0 Å². The molecule has 3 aromatic rings. The van der Waals surface area contributed by atoms with Crippen LogP contribution in [0.25, 0.3) is 0 Å². The van der Waals surface area contributed by atoms with Crippen molar-refractivity contribution in [3.05, 3.63) is 76.7 Å². The van der Waals surface area contributed by atoms with Crippen molar-refractivity contribution < 1.29 is 13.9 Å². The number of ether oxygens (including phenoxy) is 1. The zero-order chi connectivity index (χ0) is 22.0. The van der Waals surface area contributed by atoms with Gasteiger partial charge in [0.2, 0.25) is 5.91 Å². The van der Waals surface area contributed by atoms with Crippen molar-refractivity contribution in [2.45, 2.75) is 32.1 Å². The highest BCUT2D eigenvalue weighted by Crippen LogP contribution is 2.55. The Morgan fingerprint density at radius 2 is 2.06 bits per heavy atom. The van der Waals surface area contributed by atoms with Gasteiger partial charge in [-0.3, -0.25) is 4.79 Å². The summed E-state index contributed by atoms with van der Waals surface area (Å²) in [6, 6.07) is 9.44. The van der Waals surface area contributed by atoms with E-state index in [0.717, 1.165) is 11.3 Å². The van der Waals surface area contributed by atoms with Crippen molar-refractivity contribution in [1.29, 1.82) is 0 Å². The fourth-order valence-corrected chi connectivity index (χ4v) is 3.93. The number of aromatic nitrogens is 3. The number of pyridine rings is 1. The fourth-order valence-electron chi connectivity index (χ4n) is 3.77. The molecule has 2 aromatic heterocycles. The smallest absolute Gasteiger partial charge is 0.229 e. The Kier molecular flexibility index (Phi) is 5.87. The average molecular weight is 441 g/mol. The van der Waals surface area contributed by atoms with E-state index in [4.69, 9.17) is 16.3 Å². The minimum Gasteiger partial charge on any atom is -0.489 e. The molecule has 1 N–H and O–H groups in total. The number of rotatable bonds is 7. The van der Waals surface area contributed by atoms with Crippen molar-refractivity contribution in [3.63, 3.8) is 0 Å². The molecule has 1 saturated carbocycles. The Bertz CT molecular complexity index is 1110. The minimum absolute atomic E-state index is 0.182. The summed E-state index contributed by atoms with van der Waals surface area (Å²) in [7, 11) is 0. The summed E-state index contributed by atoms with van der Waals surface area (Å²) in [6.45, 7) is 4.07. The molecular weight excluding hydrogens is 419 g/mol. The third-order valence-electron chi connectivity index (χ3n) is 5.55. The lowest BCUT2D eigenvalue weighted by Crippen LogP contribution is -2.27. The predicted molar refractivity (Wildman–Crippen MR) is 116 cm³/mol. The third kappa shape index (κ3) is 4.51. The monoisotopic (exact) mass is 440 g/mol. The van der Waals surface area contributed by atoms with Crippen LogP contribution in [-0.4, -0.2) is 27.5 Å². The summed E-state index contributed by atoms with van der Waals surface area (Å²) in [5.74, 6) is 0.796. The lowest BCUT2D eigenvalue weighted by Gasteiger charge is -2.20. The largest absolute Gasteiger partial charge is 0.489 e. The lowest BCUT2D eigenvalue weighted by molar-refractivity contribution is -0.117. The van der Waals surface area contributed by atoms with Crippen LogP contribution in [0.3, 0.4) is 0 Å². The number of amides is 1. The first-order valence-electron chi connectivity index (χ1n) is 10.0. The molecule has 31 heavy (non-hydrogen) atoms. The second-order valence-corrected chi connectivity index (χ2v) is 8.08. The first kappa shape index (κ1) is 21.2. The van der Waals surface area contributed by atoms with E-state index < -0.39 is 5.41 Å². The summed E-state index contributed by atoms with van der Waals surface area (Å²) in [4.78, 5) is 25.8. The number of aryl methyl sites for hydroxylation is 2. The van der Waals surface area contributed by atoms with Crippen LogP contribution in [0.1, 0.15) is 30.4 Å². The summed E-state index contributed by atoms with van der Waals surface area (Å²) in [5, 5.41) is 3.31. The molecule has 0 saturated heterocycles. The molecule has 8 heteroatoms. The van der Waals surface area contributed by atoms with Crippen LogP contribution in [0, 0.1) is 18.7 Å². The van der Waals surface area contributed by atoms with Gasteiger partial charge in [0.25, 0.3) is 0 Å². The van der Waals surface area contributed by atoms with E-state index in [9.17, 15) is 9.18 Å². The zero-order valence-corrected chi connectivity index (χ0v) is 18.0. The Balaban J connectivity index is 1.57. The van der Waals surface area contributed by atoms with E-state index in [0.29, 0.717) is 35.3 Å². The number of hydrogen-bond acceptors (Lipinski definition) is 5. The molecule has 1 fully saturated rings. The molecule has 2 heterocycles. The molecule has 2 atom stereocenters. The summed E-state index contributed by atoms with van der Waals surface area (Å²) in [6.07, 6.45) is 4.46. The molecule has 0 aliphatic heterocycles. The Labute approximate surface area is 184 Å². The molecule has 0 spiro atoms. The fraction of sp³-hybridized carbons (Fsp3) is 0.304. The molecule has 160 valence electrons. The van der Waals surface area contributed by atoms with Gasteiger partial charge in [0.05, 0.1) is 24.4 Å². The quantitative estimate of drug-likeness (QED) is 0.585. The number of halogens is 2. The van der Waals surface area contributed by atoms with Crippen LogP contribution >= 0.6 is 11.6 Å². The van der Waals surface area contributed by atoms with Gasteiger partial charge in [0.15, 0.2) is 5.75 Å². The van der Waals surface area contributed by atoms with E-state index in [1.165, 1.54) is 18.3 Å². The van der Waals surface area contributed by atoms with Gasteiger partial charge < -0.3 is 10.1 Å². The normalized spacial score (nSPS) is 19.7. The standard InChI is InChI=1S/C23H22ClFN4O2/c1-3-19-20(12-27-14(2)28-19)31-13-23(15-4-6-17(25)7-5-15)11-18(23)22(30)29-21-10-16(24)8-9-26-21/h4-10,12,18H,3,11,13H2,1-2H3,(H,26,29,30)/t18-,23+/m0/s1. The van der Waals surface area contributed by atoms with Gasteiger partial charge in [-0.15, -0.1) is 0 Å². The number of carbonyl (C=O) groups is 1. The predicted octanol–water partition coefficient (Wildman–Crippen LogP) is 4.51. The highest BCUT2D eigenvalue weighted by Gasteiger charge is 2.60. The van der Waals surface area contributed by atoms with Gasteiger partial charge in [-0.1, -0.05) is 30.7 Å². The Morgan fingerprint density at radius 3 is 2.77 bits per heavy atom. The van der Waals surface area contributed by atoms with Crippen LogP contribution in [-0.2, 0) is 16.6 Å². The van der Waals surface area contributed by atoms with Crippen molar-refractivity contribution in [2.24, 2.45) is 5.92 Å². The Morgan fingerprint density at radius 1 is 1.29 bits per heavy atom. The summed E-state index contributed by atoms with van der Waals surface area (Å²) in [5.41, 5.74) is 1.08. The SMILES string of the molecule is CCc1nc(C)ncc1OC[C@@]1(c2ccc(F)cc2)C[C@H]1C(=O)Nc1cc(Cl)ccn1. The molecule has 1 amide bonds. The number of benzene rings is 1. The van der Waals surface area contributed by atoms with Crippen molar-refractivity contribution in [3.8, 4) is 5.75 Å². The molecular formula is C23H22ClFN4O2. The van der Waals surface area contributed by atoms with Gasteiger partial charge in [0.1, 0.15) is 17.5 Å². The molecule has 0 bridgehead atoms. The highest BCUT2D eigenvalue weighted by atomic mass is 35.5. The molecule has 6 nitrogen and oxygen atoms in total. The first-order valence-corrected chi connectivity index (χ1v) is 10.4. The molecule has 1 aromatic carbocycles. The lowest BCUT2D eigenvalue weighted by atomic mass is 9.93. The Hall–Kier alpha value is -3.06. The average Bonchev–Trinajstić information content (AvgIpc) is 3.49. The number of nitrogens with zero attached hydrogens (tertiary/aromatic N) is 3.